The van der Waals surface area contributed by atoms with Gasteiger partial charge < -0.3 is 4.42 Å². The van der Waals surface area contributed by atoms with E-state index in [1.54, 1.807) is 12.1 Å². The number of benzene rings is 5. The maximum Gasteiger partial charge on any atom is 0.144 e. The molecule has 6 aromatic rings. The van der Waals surface area contributed by atoms with Crippen molar-refractivity contribution in [3.8, 4) is 22.3 Å². The fraction of sp³-hybridized carbons (Fsp3) is 0.0323. The second-order valence-electron chi connectivity index (χ2n) is 9.26. The zero-order valence-corrected chi connectivity index (χ0v) is 19.8. The minimum absolute atomic E-state index is 0.314. The third-order valence-electron chi connectivity index (χ3n) is 7.67. The van der Waals surface area contributed by atoms with Crippen LogP contribution in [0.1, 0.15) is 22.3 Å². The first kappa shape index (κ1) is 19.5. The van der Waals surface area contributed by atoms with Crippen LogP contribution in [0.5, 0.6) is 0 Å². The molecule has 4 heteroatoms. The van der Waals surface area contributed by atoms with Crippen molar-refractivity contribution in [2.45, 2.75) is 5.41 Å². The third-order valence-corrected chi connectivity index (χ3v) is 8.29. The van der Waals surface area contributed by atoms with E-state index in [1.807, 2.05) is 42.5 Å². The van der Waals surface area contributed by atoms with Gasteiger partial charge in [0.05, 0.1) is 5.41 Å². The lowest BCUT2D eigenvalue weighted by Crippen LogP contribution is -2.26. The molecule has 0 N–H and O–H groups in total. The van der Waals surface area contributed by atoms with Crippen LogP contribution in [0, 0.1) is 11.6 Å². The second-order valence-corrected chi connectivity index (χ2v) is 10.1. The summed E-state index contributed by atoms with van der Waals surface area (Å²) in [5, 5.41) is 2.03. The summed E-state index contributed by atoms with van der Waals surface area (Å²) in [5.74, 6) is -0.627. The van der Waals surface area contributed by atoms with E-state index in [9.17, 15) is 8.78 Å². The lowest BCUT2D eigenvalue weighted by Gasteiger charge is -2.30. The van der Waals surface area contributed by atoms with Crippen LogP contribution >= 0.6 is 15.9 Å². The van der Waals surface area contributed by atoms with Crippen molar-refractivity contribution in [3.63, 3.8) is 0 Å². The molecule has 0 amide bonds. The summed E-state index contributed by atoms with van der Waals surface area (Å²) in [7, 11) is 0. The number of para-hydroxylation sites is 1. The smallest absolute Gasteiger partial charge is 0.144 e. The number of halogens is 3. The van der Waals surface area contributed by atoms with Crippen molar-refractivity contribution >= 4 is 37.9 Å². The Morgan fingerprint density at radius 2 is 1.29 bits per heavy atom. The summed E-state index contributed by atoms with van der Waals surface area (Å²) in [6.07, 6.45) is 0. The van der Waals surface area contributed by atoms with E-state index in [0.717, 1.165) is 70.9 Å². The van der Waals surface area contributed by atoms with Gasteiger partial charge in [0.2, 0.25) is 0 Å². The van der Waals surface area contributed by atoms with Crippen LogP contribution < -0.4 is 0 Å². The van der Waals surface area contributed by atoms with Gasteiger partial charge in [0.1, 0.15) is 22.8 Å². The molecular formula is C31H15BrF2O. The molecule has 0 saturated heterocycles. The molecule has 2 aliphatic rings. The Morgan fingerprint density at radius 1 is 0.629 bits per heavy atom. The molecule has 0 unspecified atom stereocenters. The minimum Gasteiger partial charge on any atom is -0.455 e. The largest absolute Gasteiger partial charge is 0.455 e. The Bertz CT molecular complexity index is 1850. The summed E-state index contributed by atoms with van der Waals surface area (Å²) in [5.41, 5.74) is 8.19. The number of fused-ring (bicyclic) bond motifs is 14. The summed E-state index contributed by atoms with van der Waals surface area (Å²) in [6, 6.07) is 28.1. The van der Waals surface area contributed by atoms with Gasteiger partial charge in [-0.3, -0.25) is 0 Å². The Morgan fingerprint density at radius 3 is 2.03 bits per heavy atom. The Labute approximate surface area is 207 Å². The van der Waals surface area contributed by atoms with Crippen LogP contribution in [0.25, 0.3) is 44.2 Å². The first-order chi connectivity index (χ1) is 17.1. The van der Waals surface area contributed by atoms with Gasteiger partial charge in [0.25, 0.3) is 0 Å². The maximum absolute atomic E-state index is 14.8. The van der Waals surface area contributed by atoms with E-state index >= 15 is 0 Å². The molecule has 2 aliphatic carbocycles. The molecule has 0 bridgehead atoms. The third kappa shape index (κ3) is 2.22. The predicted octanol–water partition coefficient (Wildman–Crippen LogP) is 8.97. The van der Waals surface area contributed by atoms with Crippen molar-refractivity contribution < 1.29 is 13.2 Å². The predicted molar refractivity (Wildman–Crippen MR) is 138 cm³/mol. The van der Waals surface area contributed by atoms with Crippen LogP contribution in [0.4, 0.5) is 8.78 Å². The lowest BCUT2D eigenvalue weighted by atomic mass is 9.70. The van der Waals surface area contributed by atoms with Crippen molar-refractivity contribution in [2.24, 2.45) is 0 Å². The van der Waals surface area contributed by atoms with Crippen molar-refractivity contribution in [3.05, 3.63) is 129 Å². The SMILES string of the molecule is Fc1ccc2c(c1)C1(c3cc(F)ccc3-2)c2ccccc2-c2c1cc(Br)c1c2oc2ccccc21. The molecule has 5 aromatic carbocycles. The van der Waals surface area contributed by atoms with Crippen molar-refractivity contribution in [2.75, 3.05) is 0 Å². The highest BCUT2D eigenvalue weighted by atomic mass is 79.9. The lowest BCUT2D eigenvalue weighted by molar-refractivity contribution is 0.617. The Kier molecular flexibility index (Phi) is 3.61. The molecule has 1 aromatic heterocycles. The van der Waals surface area contributed by atoms with E-state index in [4.69, 9.17) is 4.42 Å². The minimum atomic E-state index is -0.851. The number of hydrogen-bond donors (Lipinski definition) is 0. The quantitative estimate of drug-likeness (QED) is 0.194. The highest BCUT2D eigenvalue weighted by Crippen LogP contribution is 2.64. The average molecular weight is 521 g/mol. The molecule has 0 aliphatic heterocycles. The van der Waals surface area contributed by atoms with Crippen LogP contribution in [0.3, 0.4) is 0 Å². The molecule has 1 nitrogen and oxygen atoms in total. The van der Waals surface area contributed by atoms with E-state index in [1.165, 1.54) is 12.1 Å². The fourth-order valence-electron chi connectivity index (χ4n) is 6.44. The molecular weight excluding hydrogens is 506 g/mol. The standard InChI is InChI=1S/C31H15BrF2O/c32-26-15-25-28(30-29(26)21-6-2-4-8-27(21)35-30)20-5-1-3-7-22(20)31(25)23-13-16(33)9-11-18(23)19-12-10-17(34)14-24(19)31/h1-15H. The molecule has 1 heterocycles. The molecule has 0 saturated carbocycles. The first-order valence-corrected chi connectivity index (χ1v) is 12.2. The topological polar surface area (TPSA) is 13.1 Å². The van der Waals surface area contributed by atoms with E-state index in [-0.39, 0.29) is 11.6 Å². The van der Waals surface area contributed by atoms with Gasteiger partial charge in [-0.2, -0.15) is 0 Å². The van der Waals surface area contributed by atoms with E-state index < -0.39 is 5.41 Å². The van der Waals surface area contributed by atoms with Crippen LogP contribution in [0.2, 0.25) is 0 Å². The zero-order chi connectivity index (χ0) is 23.5. The van der Waals surface area contributed by atoms with Crippen LogP contribution in [-0.2, 0) is 5.41 Å². The van der Waals surface area contributed by atoms with Gasteiger partial charge in [-0.15, -0.1) is 0 Å². The van der Waals surface area contributed by atoms with Crippen molar-refractivity contribution in [1.29, 1.82) is 0 Å². The van der Waals surface area contributed by atoms with E-state index in [2.05, 4.69) is 40.2 Å². The molecule has 166 valence electrons. The van der Waals surface area contributed by atoms with Gasteiger partial charge >= 0.3 is 0 Å². The van der Waals surface area contributed by atoms with Gasteiger partial charge in [-0.05, 0) is 75.3 Å². The maximum atomic E-state index is 14.8. The number of hydrogen-bond acceptors (Lipinski definition) is 1. The highest BCUT2D eigenvalue weighted by Gasteiger charge is 2.53. The molecule has 0 fully saturated rings. The molecule has 1 spiro atoms. The number of furan rings is 1. The van der Waals surface area contributed by atoms with Gasteiger partial charge in [0.15, 0.2) is 0 Å². The summed E-state index contributed by atoms with van der Waals surface area (Å²) in [4.78, 5) is 0. The number of rotatable bonds is 0. The molecule has 0 radical (unpaired) electrons. The van der Waals surface area contributed by atoms with Crippen molar-refractivity contribution in [1.82, 2.24) is 0 Å². The molecule has 0 atom stereocenters. The normalized spacial score (nSPS) is 14.4. The summed E-state index contributed by atoms with van der Waals surface area (Å²) in [6.45, 7) is 0. The fourth-order valence-corrected chi connectivity index (χ4v) is 7.06. The van der Waals surface area contributed by atoms with Crippen LogP contribution in [0.15, 0.2) is 99.9 Å². The van der Waals surface area contributed by atoms with E-state index in [0.29, 0.717) is 0 Å². The molecule has 8 rings (SSSR count). The van der Waals surface area contributed by atoms with Gasteiger partial charge in [0, 0.05) is 20.8 Å². The molecule has 35 heavy (non-hydrogen) atoms. The first-order valence-electron chi connectivity index (χ1n) is 11.4. The monoisotopic (exact) mass is 520 g/mol. The summed E-state index contributed by atoms with van der Waals surface area (Å²) >= 11 is 3.83. The average Bonchev–Trinajstić information content (AvgIpc) is 3.47. The Hall–Kier alpha value is -3.76. The highest BCUT2D eigenvalue weighted by molar-refractivity contribution is 9.10. The second kappa shape index (κ2) is 6.46. The Balaban J connectivity index is 1.64. The zero-order valence-electron chi connectivity index (χ0n) is 18.2. The van der Waals surface area contributed by atoms with Gasteiger partial charge in [-0.1, -0.05) is 70.5 Å². The summed E-state index contributed by atoms with van der Waals surface area (Å²) < 4.78 is 37.0. The van der Waals surface area contributed by atoms with Crippen LogP contribution in [-0.4, -0.2) is 0 Å². The van der Waals surface area contributed by atoms with Gasteiger partial charge in [-0.25, -0.2) is 8.78 Å².